The minimum absolute atomic E-state index is 0.178. The van der Waals surface area contributed by atoms with Gasteiger partial charge in [-0.25, -0.2) is 4.99 Å². The topological polar surface area (TPSA) is 79.9 Å². The van der Waals surface area contributed by atoms with E-state index in [0.29, 0.717) is 43.8 Å². The van der Waals surface area contributed by atoms with Gasteiger partial charge >= 0.3 is 0 Å². The van der Waals surface area contributed by atoms with Crippen molar-refractivity contribution in [2.24, 2.45) is 4.99 Å². The lowest BCUT2D eigenvalue weighted by Crippen LogP contribution is -2.05. The minimum Gasteiger partial charge on any atom is -0.456 e. The second-order valence-electron chi connectivity index (χ2n) is 8.12. The highest BCUT2D eigenvalue weighted by Gasteiger charge is 2.23. The molecule has 3 aromatic carbocycles. The van der Waals surface area contributed by atoms with Crippen molar-refractivity contribution in [1.82, 2.24) is 0 Å². The lowest BCUT2D eigenvalue weighted by molar-refractivity contribution is 0.483. The molecule has 0 atom stereocenters. The van der Waals surface area contributed by atoms with E-state index in [1.165, 1.54) is 6.07 Å². The van der Waals surface area contributed by atoms with Gasteiger partial charge in [0.1, 0.15) is 16.2 Å². The van der Waals surface area contributed by atoms with Crippen LogP contribution in [0.5, 0.6) is 0 Å². The second-order valence-corrected chi connectivity index (χ2v) is 9.95. The first-order valence-electron chi connectivity index (χ1n) is 10.6. The largest absolute Gasteiger partial charge is 0.456 e. The van der Waals surface area contributed by atoms with Crippen LogP contribution in [-0.4, -0.2) is 13.0 Å². The van der Waals surface area contributed by atoms with Gasteiger partial charge in [-0.2, -0.15) is 8.42 Å². The summed E-state index contributed by atoms with van der Waals surface area (Å²) >= 11 is 6.23. The third-order valence-electron chi connectivity index (χ3n) is 5.78. The van der Waals surface area contributed by atoms with Gasteiger partial charge in [0.05, 0.1) is 11.0 Å². The first-order chi connectivity index (χ1) is 16.2. The normalized spacial score (nSPS) is 12.5. The number of nitrogens with zero attached hydrogens (tertiary/aromatic N) is 1. The summed E-state index contributed by atoms with van der Waals surface area (Å²) in [5.74, 6) is 0.516. The maximum Gasteiger partial charge on any atom is 0.295 e. The van der Waals surface area contributed by atoms with E-state index in [-0.39, 0.29) is 4.90 Å². The Balaban J connectivity index is 1.87. The van der Waals surface area contributed by atoms with Crippen LogP contribution in [0.3, 0.4) is 0 Å². The van der Waals surface area contributed by atoms with Gasteiger partial charge in [0.15, 0.2) is 0 Å². The average Bonchev–Trinajstić information content (AvgIpc) is 2.79. The highest BCUT2D eigenvalue weighted by Crippen LogP contribution is 2.42. The van der Waals surface area contributed by atoms with E-state index in [1.54, 1.807) is 36.4 Å². The third-order valence-corrected chi connectivity index (χ3v) is 6.93. The van der Waals surface area contributed by atoms with E-state index in [4.69, 9.17) is 21.0 Å². The van der Waals surface area contributed by atoms with Gasteiger partial charge in [-0.05, 0) is 55.3 Å². The van der Waals surface area contributed by atoms with Crippen LogP contribution in [-0.2, 0) is 10.1 Å². The molecule has 7 heteroatoms. The van der Waals surface area contributed by atoms with E-state index in [9.17, 15) is 13.0 Å². The fourth-order valence-corrected chi connectivity index (χ4v) is 5.08. The van der Waals surface area contributed by atoms with Crippen LogP contribution in [0.2, 0.25) is 5.02 Å². The first kappa shape index (κ1) is 22.3. The Morgan fingerprint density at radius 3 is 2.32 bits per heavy atom. The van der Waals surface area contributed by atoms with Crippen molar-refractivity contribution in [2.45, 2.75) is 18.7 Å². The number of hydrogen-bond donors (Lipinski definition) is 1. The molecule has 2 aliphatic rings. The molecular formula is C27H20ClNO4S. The predicted molar refractivity (Wildman–Crippen MR) is 134 cm³/mol. The molecule has 0 radical (unpaired) electrons. The third kappa shape index (κ3) is 4.01. The fraction of sp³-hybridized carbons (Fsp3) is 0.0741. The zero-order valence-electron chi connectivity index (χ0n) is 18.4. The zero-order chi connectivity index (χ0) is 24.0. The van der Waals surface area contributed by atoms with E-state index in [0.717, 1.165) is 16.8 Å². The minimum atomic E-state index is -4.46. The van der Waals surface area contributed by atoms with Gasteiger partial charge in [-0.15, -0.1) is 0 Å². The average molecular weight is 490 g/mol. The lowest BCUT2D eigenvalue weighted by Gasteiger charge is -2.17. The molecule has 34 heavy (non-hydrogen) atoms. The number of rotatable bonds is 3. The summed E-state index contributed by atoms with van der Waals surface area (Å²) in [4.78, 5) is 4.65. The van der Waals surface area contributed by atoms with Crippen molar-refractivity contribution in [3.05, 3.63) is 100 Å². The highest BCUT2D eigenvalue weighted by atomic mass is 35.5. The fourth-order valence-electron chi connectivity index (χ4n) is 4.22. The summed E-state index contributed by atoms with van der Waals surface area (Å²) in [5.41, 5.74) is 5.19. The molecular weight excluding hydrogens is 470 g/mol. The van der Waals surface area contributed by atoms with Crippen LogP contribution in [0.1, 0.15) is 11.1 Å². The van der Waals surface area contributed by atoms with E-state index in [2.05, 4.69) is 0 Å². The van der Waals surface area contributed by atoms with Crippen molar-refractivity contribution in [3.63, 3.8) is 0 Å². The number of halogens is 1. The Bertz CT molecular complexity index is 1700. The van der Waals surface area contributed by atoms with Crippen LogP contribution in [0, 0.1) is 13.8 Å². The van der Waals surface area contributed by atoms with Crippen LogP contribution >= 0.6 is 11.6 Å². The predicted octanol–water partition coefficient (Wildman–Crippen LogP) is 6.95. The van der Waals surface area contributed by atoms with E-state index >= 15 is 0 Å². The summed E-state index contributed by atoms with van der Waals surface area (Å²) in [6.45, 7) is 4.02. The lowest BCUT2D eigenvalue weighted by atomic mass is 9.93. The standard InChI is InChI=1S/C27H20ClNO4S/c1-16-6-5-7-17(2)27(16)29-19-11-13-21-24(15-19)33-23-14-18(28)10-12-20(23)26(21)22-8-3-4-9-25(22)34(30,31)32/h3-15H,1-2H3,(H,30,31,32)/b29-19+. The molecule has 0 amide bonds. The van der Waals surface area contributed by atoms with Crippen molar-refractivity contribution >= 4 is 38.4 Å². The number of hydrogen-bond acceptors (Lipinski definition) is 4. The monoisotopic (exact) mass is 489 g/mol. The Hall–Kier alpha value is -3.45. The molecule has 3 aromatic rings. The molecule has 5 rings (SSSR count). The van der Waals surface area contributed by atoms with Gasteiger partial charge in [-0.1, -0.05) is 48.0 Å². The summed E-state index contributed by atoms with van der Waals surface area (Å²) in [6.07, 6.45) is 0. The van der Waals surface area contributed by atoms with Crippen LogP contribution in [0.15, 0.2) is 93.2 Å². The van der Waals surface area contributed by atoms with Gasteiger partial charge in [0.25, 0.3) is 10.1 Å². The van der Waals surface area contributed by atoms with Gasteiger partial charge in [0, 0.05) is 39.2 Å². The Morgan fingerprint density at radius 1 is 0.853 bits per heavy atom. The van der Waals surface area contributed by atoms with Crippen molar-refractivity contribution < 1.29 is 17.4 Å². The van der Waals surface area contributed by atoms with Crippen LogP contribution < -0.4 is 5.36 Å². The SMILES string of the molecule is Cc1cccc(C)c1/N=c1\ccc2c(-c3ccccc3S(=O)(=O)O)c3ccc(Cl)cc3oc-2c1. The summed E-state index contributed by atoms with van der Waals surface area (Å²) < 4.78 is 40.4. The van der Waals surface area contributed by atoms with Crippen molar-refractivity contribution in [3.8, 4) is 22.5 Å². The molecule has 1 aliphatic heterocycles. The molecule has 0 aromatic heterocycles. The molecule has 0 bridgehead atoms. The Morgan fingerprint density at radius 2 is 1.59 bits per heavy atom. The van der Waals surface area contributed by atoms with Crippen molar-refractivity contribution in [2.75, 3.05) is 0 Å². The molecule has 1 aliphatic carbocycles. The smallest absolute Gasteiger partial charge is 0.295 e. The Kier molecular flexibility index (Phi) is 5.52. The molecule has 0 saturated carbocycles. The van der Waals surface area contributed by atoms with Crippen LogP contribution in [0.4, 0.5) is 5.69 Å². The maximum absolute atomic E-state index is 12.2. The van der Waals surface area contributed by atoms with Crippen molar-refractivity contribution in [1.29, 1.82) is 0 Å². The number of para-hydroxylation sites is 1. The summed E-state index contributed by atoms with van der Waals surface area (Å²) in [5, 5.41) is 1.86. The molecule has 0 unspecified atom stereocenters. The molecule has 0 fully saturated rings. The van der Waals surface area contributed by atoms with Gasteiger partial charge in [0.2, 0.25) is 0 Å². The number of aryl methyl sites for hydroxylation is 2. The number of benzene rings is 4. The Labute approximate surface area is 202 Å². The zero-order valence-corrected chi connectivity index (χ0v) is 20.0. The second kappa shape index (κ2) is 8.40. The molecule has 0 spiro atoms. The van der Waals surface area contributed by atoms with E-state index < -0.39 is 10.1 Å². The maximum atomic E-state index is 12.2. The first-order valence-corrected chi connectivity index (χ1v) is 12.4. The number of fused-ring (bicyclic) bond motifs is 2. The molecule has 0 saturated heterocycles. The summed E-state index contributed by atoms with van der Waals surface area (Å²) in [7, 11) is -4.46. The van der Waals surface area contributed by atoms with Gasteiger partial charge < -0.3 is 4.42 Å². The molecule has 1 N–H and O–H groups in total. The van der Waals surface area contributed by atoms with Crippen LogP contribution in [0.25, 0.3) is 33.4 Å². The molecule has 1 heterocycles. The molecule has 5 nitrogen and oxygen atoms in total. The highest BCUT2D eigenvalue weighted by molar-refractivity contribution is 7.86. The van der Waals surface area contributed by atoms with E-state index in [1.807, 2.05) is 50.2 Å². The quantitative estimate of drug-likeness (QED) is 0.219. The molecule has 170 valence electrons. The van der Waals surface area contributed by atoms with Gasteiger partial charge in [-0.3, -0.25) is 4.55 Å². The summed E-state index contributed by atoms with van der Waals surface area (Å²) in [6, 6.07) is 23.1.